The van der Waals surface area contributed by atoms with E-state index >= 15 is 0 Å². The molecule has 29 heavy (non-hydrogen) atoms. The highest BCUT2D eigenvalue weighted by Crippen LogP contribution is 2.20. The maximum Gasteiger partial charge on any atom is 0.358 e. The number of carbonyl (C=O) groups excluding carboxylic acids is 2. The smallest absolute Gasteiger partial charge is 0.358 e. The molecule has 9 heteroatoms. The Balaban J connectivity index is 1.43. The van der Waals surface area contributed by atoms with E-state index < -0.39 is 5.97 Å². The van der Waals surface area contributed by atoms with Gasteiger partial charge in [0.25, 0.3) is 5.91 Å². The highest BCUT2D eigenvalue weighted by atomic mass is 32.1. The average molecular weight is 417 g/mol. The molecule has 0 aliphatic carbocycles. The number of thiazole rings is 1. The second-order valence-corrected chi connectivity index (χ2v) is 7.21. The first kappa shape index (κ1) is 20.7. The molecule has 2 heterocycles. The van der Waals surface area contributed by atoms with Gasteiger partial charge in [0.2, 0.25) is 0 Å². The number of benzene rings is 1. The molecule has 2 aromatic rings. The summed E-state index contributed by atoms with van der Waals surface area (Å²) in [5, 5.41) is 5.22. The average Bonchev–Trinajstić information content (AvgIpc) is 3.25. The molecule has 0 atom stereocenters. The van der Waals surface area contributed by atoms with Crippen LogP contribution in [0.1, 0.15) is 10.5 Å². The van der Waals surface area contributed by atoms with Crippen LogP contribution in [-0.4, -0.2) is 68.2 Å². The maximum atomic E-state index is 12.4. The quantitative estimate of drug-likeness (QED) is 0.522. The van der Waals surface area contributed by atoms with Gasteiger partial charge in [0.15, 0.2) is 17.4 Å². The number of nitrogens with zero attached hydrogens (tertiary/aromatic N) is 3. The number of aromatic nitrogens is 1. The van der Waals surface area contributed by atoms with Crippen LogP contribution in [0.25, 0.3) is 0 Å². The van der Waals surface area contributed by atoms with E-state index in [1.807, 2.05) is 24.3 Å². The van der Waals surface area contributed by atoms with Crippen LogP contribution < -0.4 is 15.0 Å². The molecule has 154 valence electrons. The van der Waals surface area contributed by atoms with Gasteiger partial charge in [-0.1, -0.05) is 6.08 Å². The molecule has 1 aromatic carbocycles. The largest absolute Gasteiger partial charge is 0.497 e. The van der Waals surface area contributed by atoms with Crippen molar-refractivity contribution >= 4 is 34.0 Å². The van der Waals surface area contributed by atoms with Crippen LogP contribution in [0.5, 0.6) is 5.75 Å². The number of anilines is 2. The van der Waals surface area contributed by atoms with E-state index in [1.54, 1.807) is 23.5 Å². The van der Waals surface area contributed by atoms with E-state index in [4.69, 9.17) is 9.47 Å². The lowest BCUT2D eigenvalue weighted by molar-refractivity contribution is -0.134. The van der Waals surface area contributed by atoms with Crippen molar-refractivity contribution in [2.24, 2.45) is 0 Å². The van der Waals surface area contributed by atoms with Gasteiger partial charge in [0.05, 0.1) is 7.11 Å². The second kappa shape index (κ2) is 9.92. The normalized spacial score (nSPS) is 13.7. The number of nitrogens with one attached hydrogen (secondary N) is 1. The zero-order chi connectivity index (χ0) is 20.6. The summed E-state index contributed by atoms with van der Waals surface area (Å²) < 4.78 is 10.3. The topological polar surface area (TPSA) is 84.0 Å². The summed E-state index contributed by atoms with van der Waals surface area (Å²) in [5.74, 6) is 0.0131. The first-order chi connectivity index (χ1) is 14.1. The molecule has 0 saturated carbocycles. The number of piperazine rings is 1. The summed E-state index contributed by atoms with van der Waals surface area (Å²) in [7, 11) is 1.64. The van der Waals surface area contributed by atoms with Crippen molar-refractivity contribution in [3.8, 4) is 5.75 Å². The van der Waals surface area contributed by atoms with Crippen molar-refractivity contribution in [3.05, 3.63) is 48.0 Å². The van der Waals surface area contributed by atoms with Crippen molar-refractivity contribution in [3.63, 3.8) is 0 Å². The number of ether oxygens (including phenoxy) is 2. The fourth-order valence-electron chi connectivity index (χ4n) is 2.91. The van der Waals surface area contributed by atoms with Crippen LogP contribution in [0.3, 0.4) is 0 Å². The lowest BCUT2D eigenvalue weighted by atomic mass is 10.2. The third kappa shape index (κ3) is 5.47. The molecular formula is C20H24N4O4S. The Morgan fingerprint density at radius 3 is 2.62 bits per heavy atom. The summed E-state index contributed by atoms with van der Waals surface area (Å²) in [6.45, 7) is 6.48. The molecule has 1 aliphatic rings. The van der Waals surface area contributed by atoms with Crippen LogP contribution in [0.15, 0.2) is 42.3 Å². The number of rotatable bonds is 8. The third-order valence-corrected chi connectivity index (χ3v) is 5.31. The van der Waals surface area contributed by atoms with Gasteiger partial charge in [-0.15, -0.1) is 17.9 Å². The molecule has 0 spiro atoms. The van der Waals surface area contributed by atoms with E-state index in [0.29, 0.717) is 24.8 Å². The molecule has 1 aliphatic heterocycles. The third-order valence-electron chi connectivity index (χ3n) is 4.51. The number of hydrogen-bond donors (Lipinski definition) is 1. The SMILES string of the molecule is C=CCNc1nc(C(=O)OCC(=O)N2CCN(c3ccc(OC)cc3)CC2)cs1. The predicted octanol–water partition coefficient (Wildman–Crippen LogP) is 2.26. The zero-order valence-corrected chi connectivity index (χ0v) is 17.1. The Hall–Kier alpha value is -3.07. The van der Waals surface area contributed by atoms with Gasteiger partial charge < -0.3 is 24.6 Å². The summed E-state index contributed by atoms with van der Waals surface area (Å²) in [6, 6.07) is 7.85. The first-order valence-electron chi connectivity index (χ1n) is 9.25. The molecule has 0 bridgehead atoms. The number of carbonyl (C=O) groups is 2. The van der Waals surface area contributed by atoms with Crippen molar-refractivity contribution in [2.45, 2.75) is 0 Å². The van der Waals surface area contributed by atoms with Crippen LogP contribution in [-0.2, 0) is 9.53 Å². The monoisotopic (exact) mass is 416 g/mol. The fourth-order valence-corrected chi connectivity index (χ4v) is 3.60. The molecule has 1 aromatic heterocycles. The first-order valence-corrected chi connectivity index (χ1v) is 10.1. The standard InChI is InChI=1S/C20H24N4O4S/c1-3-8-21-20-22-17(14-29-20)19(26)28-13-18(25)24-11-9-23(10-12-24)15-4-6-16(27-2)7-5-15/h3-7,14H,1,8-13H2,2H3,(H,21,22). The van der Waals surface area contributed by atoms with E-state index in [0.717, 1.165) is 24.5 Å². The minimum Gasteiger partial charge on any atom is -0.497 e. The van der Waals surface area contributed by atoms with E-state index in [-0.39, 0.29) is 18.2 Å². The zero-order valence-electron chi connectivity index (χ0n) is 16.3. The van der Waals surface area contributed by atoms with Crippen LogP contribution in [0.4, 0.5) is 10.8 Å². The van der Waals surface area contributed by atoms with Crippen molar-refractivity contribution < 1.29 is 19.1 Å². The molecule has 1 fully saturated rings. The molecule has 1 saturated heterocycles. The van der Waals surface area contributed by atoms with E-state index in [2.05, 4.69) is 21.8 Å². The Morgan fingerprint density at radius 2 is 1.97 bits per heavy atom. The van der Waals surface area contributed by atoms with Gasteiger partial charge in [-0.3, -0.25) is 4.79 Å². The predicted molar refractivity (Wildman–Crippen MR) is 113 cm³/mol. The number of methoxy groups -OCH3 is 1. The molecule has 0 radical (unpaired) electrons. The Labute approximate surface area is 173 Å². The van der Waals surface area contributed by atoms with E-state index in [1.165, 1.54) is 11.3 Å². The molecular weight excluding hydrogens is 392 g/mol. The minimum atomic E-state index is -0.599. The van der Waals surface area contributed by atoms with Crippen molar-refractivity contribution in [1.82, 2.24) is 9.88 Å². The second-order valence-electron chi connectivity index (χ2n) is 6.35. The lowest BCUT2D eigenvalue weighted by Crippen LogP contribution is -2.49. The van der Waals surface area contributed by atoms with Gasteiger partial charge in [-0.05, 0) is 24.3 Å². The molecule has 1 amide bonds. The summed E-state index contributed by atoms with van der Waals surface area (Å²) in [6.07, 6.45) is 1.70. The highest BCUT2D eigenvalue weighted by molar-refractivity contribution is 7.13. The van der Waals surface area contributed by atoms with Gasteiger partial charge in [0, 0.05) is 43.8 Å². The molecule has 3 rings (SSSR count). The van der Waals surface area contributed by atoms with Crippen molar-refractivity contribution in [1.29, 1.82) is 0 Å². The van der Waals surface area contributed by atoms with Gasteiger partial charge >= 0.3 is 5.97 Å². The Morgan fingerprint density at radius 1 is 1.24 bits per heavy atom. The molecule has 1 N–H and O–H groups in total. The van der Waals surface area contributed by atoms with Gasteiger partial charge in [0.1, 0.15) is 5.75 Å². The lowest BCUT2D eigenvalue weighted by Gasteiger charge is -2.36. The van der Waals surface area contributed by atoms with E-state index in [9.17, 15) is 9.59 Å². The number of amides is 1. The molecule has 0 unspecified atom stereocenters. The number of hydrogen-bond acceptors (Lipinski definition) is 8. The number of esters is 1. The van der Waals surface area contributed by atoms with Crippen LogP contribution in [0, 0.1) is 0 Å². The summed E-state index contributed by atoms with van der Waals surface area (Å²) >= 11 is 1.30. The van der Waals surface area contributed by atoms with Gasteiger partial charge in [-0.2, -0.15) is 0 Å². The Bertz CT molecular complexity index is 844. The summed E-state index contributed by atoms with van der Waals surface area (Å²) in [5.41, 5.74) is 1.28. The van der Waals surface area contributed by atoms with Crippen molar-refractivity contribution in [2.75, 3.05) is 56.7 Å². The van der Waals surface area contributed by atoms with Crippen LogP contribution in [0.2, 0.25) is 0 Å². The van der Waals surface area contributed by atoms with Gasteiger partial charge in [-0.25, -0.2) is 9.78 Å². The Kier molecular flexibility index (Phi) is 7.07. The summed E-state index contributed by atoms with van der Waals surface area (Å²) in [4.78, 5) is 32.5. The minimum absolute atomic E-state index is 0.193. The molecule has 8 nitrogen and oxygen atoms in total. The maximum absolute atomic E-state index is 12.4. The van der Waals surface area contributed by atoms with Crippen LogP contribution >= 0.6 is 11.3 Å². The fraction of sp³-hybridized carbons (Fsp3) is 0.350. The highest BCUT2D eigenvalue weighted by Gasteiger charge is 2.23.